The van der Waals surface area contributed by atoms with Crippen LogP contribution in [0.4, 0.5) is 0 Å². The zero-order valence-electron chi connectivity index (χ0n) is 9.67. The van der Waals surface area contributed by atoms with Crippen LogP contribution in [-0.4, -0.2) is 6.04 Å². The number of halogens is 1. The van der Waals surface area contributed by atoms with Gasteiger partial charge in [0.2, 0.25) is 0 Å². The van der Waals surface area contributed by atoms with Gasteiger partial charge in [0.15, 0.2) is 0 Å². The van der Waals surface area contributed by atoms with Crippen LogP contribution in [0.25, 0.3) is 0 Å². The van der Waals surface area contributed by atoms with E-state index in [1.165, 1.54) is 34.9 Å². The third-order valence-corrected chi connectivity index (χ3v) is 3.73. The van der Waals surface area contributed by atoms with E-state index in [0.717, 1.165) is 0 Å². The minimum absolute atomic E-state index is 0.370. The molecule has 0 radical (unpaired) electrons. The molecule has 1 aromatic carbocycles. The highest BCUT2D eigenvalue weighted by Crippen LogP contribution is 2.32. The highest BCUT2D eigenvalue weighted by molar-refractivity contribution is 9.10. The molecule has 1 nitrogen and oxygen atoms in total. The minimum Gasteiger partial charge on any atom is -0.304 e. The summed E-state index contributed by atoms with van der Waals surface area (Å²) in [4.78, 5) is 0. The summed E-state index contributed by atoms with van der Waals surface area (Å²) in [5, 5.41) is 3.61. The molecule has 0 saturated heterocycles. The summed E-state index contributed by atoms with van der Waals surface area (Å²) in [5.74, 6) is 0. The molecule has 1 aliphatic carbocycles. The van der Waals surface area contributed by atoms with Crippen molar-refractivity contribution < 1.29 is 0 Å². The Morgan fingerprint density at radius 1 is 1.56 bits per heavy atom. The van der Waals surface area contributed by atoms with Gasteiger partial charge in [-0.05, 0) is 49.4 Å². The Bertz CT molecular complexity index is 386. The maximum atomic E-state index is 3.83. The lowest BCUT2D eigenvalue weighted by atomic mass is 9.87. The second-order valence-corrected chi connectivity index (χ2v) is 5.39. The number of aryl methyl sites for hydroxylation is 1. The molecule has 16 heavy (non-hydrogen) atoms. The molecule has 0 amide bonds. The van der Waals surface area contributed by atoms with Crippen molar-refractivity contribution in [2.24, 2.45) is 0 Å². The molecule has 2 heteroatoms. The monoisotopic (exact) mass is 279 g/mol. The molecule has 0 aromatic heterocycles. The lowest BCUT2D eigenvalue weighted by Gasteiger charge is -2.28. The van der Waals surface area contributed by atoms with E-state index in [1.54, 1.807) is 0 Å². The molecule has 2 rings (SSSR count). The van der Waals surface area contributed by atoms with Crippen LogP contribution in [0.3, 0.4) is 0 Å². The lowest BCUT2D eigenvalue weighted by molar-refractivity contribution is 0.440. The fourth-order valence-corrected chi connectivity index (χ4v) is 2.71. The molecule has 1 N–H and O–H groups in total. The predicted octanol–water partition coefficient (Wildman–Crippen LogP) is 3.99. The highest BCUT2D eigenvalue weighted by atomic mass is 79.9. The van der Waals surface area contributed by atoms with Gasteiger partial charge in [-0.25, -0.2) is 0 Å². The Morgan fingerprint density at radius 3 is 3.12 bits per heavy atom. The largest absolute Gasteiger partial charge is 0.304 e. The number of hydrogen-bond acceptors (Lipinski definition) is 1. The fraction of sp³-hybridized carbons (Fsp3) is 0.429. The first kappa shape index (κ1) is 11.9. The van der Waals surface area contributed by atoms with E-state index in [0.29, 0.717) is 12.1 Å². The number of hydrogen-bond donors (Lipinski definition) is 1. The third kappa shape index (κ3) is 2.55. The van der Waals surface area contributed by atoms with Crippen molar-refractivity contribution in [2.75, 3.05) is 0 Å². The van der Waals surface area contributed by atoms with Crippen molar-refractivity contribution in [3.63, 3.8) is 0 Å². The lowest BCUT2D eigenvalue weighted by Crippen LogP contribution is -2.31. The van der Waals surface area contributed by atoms with Gasteiger partial charge in [0.25, 0.3) is 0 Å². The first-order valence-electron chi connectivity index (χ1n) is 5.87. The van der Waals surface area contributed by atoms with Crippen molar-refractivity contribution >= 4 is 15.9 Å². The Labute approximate surface area is 106 Å². The van der Waals surface area contributed by atoms with Crippen LogP contribution in [0.15, 0.2) is 35.3 Å². The van der Waals surface area contributed by atoms with Gasteiger partial charge < -0.3 is 5.32 Å². The summed E-state index contributed by atoms with van der Waals surface area (Å²) in [5.41, 5.74) is 2.94. The van der Waals surface area contributed by atoms with Crippen LogP contribution in [-0.2, 0) is 6.42 Å². The maximum absolute atomic E-state index is 3.83. The summed E-state index contributed by atoms with van der Waals surface area (Å²) >= 11 is 3.55. The molecule has 0 heterocycles. The van der Waals surface area contributed by atoms with E-state index in [9.17, 15) is 0 Å². The van der Waals surface area contributed by atoms with Crippen molar-refractivity contribution in [1.29, 1.82) is 0 Å². The van der Waals surface area contributed by atoms with Crippen LogP contribution in [0, 0.1) is 0 Å². The van der Waals surface area contributed by atoms with Crippen LogP contribution in [0.5, 0.6) is 0 Å². The molecule has 1 aliphatic rings. The average Bonchev–Trinajstić information content (AvgIpc) is 2.29. The van der Waals surface area contributed by atoms with Crippen LogP contribution < -0.4 is 5.32 Å². The standard InChI is InChI=1S/C14H18BrN/c1-3-10(2)16-14-6-4-5-11-7-8-12(15)9-13(11)14/h3,7-10,14,16H,1,4-6H2,2H3. The molecular weight excluding hydrogens is 262 g/mol. The highest BCUT2D eigenvalue weighted by Gasteiger charge is 2.20. The van der Waals surface area contributed by atoms with Gasteiger partial charge in [-0.2, -0.15) is 0 Å². The van der Waals surface area contributed by atoms with Crippen LogP contribution in [0.1, 0.15) is 36.9 Å². The molecule has 0 fully saturated rings. The zero-order valence-corrected chi connectivity index (χ0v) is 11.3. The number of nitrogens with one attached hydrogen (secondary N) is 1. The summed E-state index contributed by atoms with van der Waals surface area (Å²) in [6.45, 7) is 5.98. The van der Waals surface area contributed by atoms with E-state index >= 15 is 0 Å². The van der Waals surface area contributed by atoms with E-state index in [-0.39, 0.29) is 0 Å². The van der Waals surface area contributed by atoms with E-state index in [1.807, 2.05) is 6.08 Å². The topological polar surface area (TPSA) is 12.0 Å². The molecule has 1 aromatic rings. The number of benzene rings is 1. The molecule has 0 spiro atoms. The van der Waals surface area contributed by atoms with Crippen molar-refractivity contribution in [3.8, 4) is 0 Å². The summed E-state index contributed by atoms with van der Waals surface area (Å²) in [7, 11) is 0. The SMILES string of the molecule is C=CC(C)NC1CCCc2ccc(Br)cc21. The first-order valence-corrected chi connectivity index (χ1v) is 6.67. The van der Waals surface area contributed by atoms with Crippen LogP contribution >= 0.6 is 15.9 Å². The van der Waals surface area contributed by atoms with Gasteiger partial charge in [-0.3, -0.25) is 0 Å². The summed E-state index contributed by atoms with van der Waals surface area (Å²) in [6, 6.07) is 7.48. The second kappa shape index (κ2) is 5.15. The van der Waals surface area contributed by atoms with Gasteiger partial charge in [-0.15, -0.1) is 6.58 Å². The van der Waals surface area contributed by atoms with Crippen LogP contribution in [0.2, 0.25) is 0 Å². The molecule has 2 unspecified atom stereocenters. The Kier molecular flexibility index (Phi) is 3.82. The van der Waals surface area contributed by atoms with E-state index in [4.69, 9.17) is 0 Å². The first-order chi connectivity index (χ1) is 7.70. The van der Waals surface area contributed by atoms with Gasteiger partial charge in [0.05, 0.1) is 0 Å². The van der Waals surface area contributed by atoms with E-state index in [2.05, 4.69) is 52.9 Å². The number of fused-ring (bicyclic) bond motifs is 1. The molecule has 0 saturated carbocycles. The third-order valence-electron chi connectivity index (χ3n) is 3.24. The minimum atomic E-state index is 0.370. The van der Waals surface area contributed by atoms with Crippen molar-refractivity contribution in [2.45, 2.75) is 38.3 Å². The molecule has 86 valence electrons. The smallest absolute Gasteiger partial charge is 0.0328 e. The molecule has 0 bridgehead atoms. The summed E-state index contributed by atoms with van der Waals surface area (Å²) < 4.78 is 1.17. The summed E-state index contributed by atoms with van der Waals surface area (Å²) in [6.07, 6.45) is 5.67. The van der Waals surface area contributed by atoms with Gasteiger partial charge in [0, 0.05) is 16.6 Å². The molecular formula is C14H18BrN. The Hall–Kier alpha value is -0.600. The maximum Gasteiger partial charge on any atom is 0.0328 e. The molecule has 0 aliphatic heterocycles. The number of rotatable bonds is 3. The van der Waals surface area contributed by atoms with E-state index < -0.39 is 0 Å². The zero-order chi connectivity index (χ0) is 11.5. The van der Waals surface area contributed by atoms with Crippen molar-refractivity contribution in [1.82, 2.24) is 5.32 Å². The van der Waals surface area contributed by atoms with Gasteiger partial charge in [0.1, 0.15) is 0 Å². The van der Waals surface area contributed by atoms with Gasteiger partial charge >= 0.3 is 0 Å². The Balaban J connectivity index is 2.24. The normalized spacial score (nSPS) is 21.2. The Morgan fingerprint density at radius 2 is 2.38 bits per heavy atom. The second-order valence-electron chi connectivity index (χ2n) is 4.48. The van der Waals surface area contributed by atoms with Gasteiger partial charge in [-0.1, -0.05) is 28.1 Å². The average molecular weight is 280 g/mol. The quantitative estimate of drug-likeness (QED) is 0.825. The fourth-order valence-electron chi connectivity index (χ4n) is 2.33. The predicted molar refractivity (Wildman–Crippen MR) is 72.6 cm³/mol. The van der Waals surface area contributed by atoms with Crippen molar-refractivity contribution in [3.05, 3.63) is 46.5 Å². The molecule has 2 atom stereocenters.